The van der Waals surface area contributed by atoms with Gasteiger partial charge in [0.25, 0.3) is 0 Å². The molecule has 1 N–H and O–H groups in total. The van der Waals surface area contributed by atoms with Crippen molar-refractivity contribution < 1.29 is 9.21 Å². The molecule has 3 rings (SSSR count). The number of hydrogen-bond donors (Lipinski definition) is 1. The van der Waals surface area contributed by atoms with Gasteiger partial charge in [0.2, 0.25) is 11.8 Å². The fourth-order valence-electron chi connectivity index (χ4n) is 2.21. The van der Waals surface area contributed by atoms with Crippen LogP contribution in [0.2, 0.25) is 0 Å². The smallest absolute Gasteiger partial charge is 0.247 e. The fourth-order valence-corrected chi connectivity index (χ4v) is 2.21. The number of benzene rings is 2. The predicted molar refractivity (Wildman–Crippen MR) is 88.4 cm³/mol. The fraction of sp³-hybridized carbons (Fsp3) is 0.167. The minimum absolute atomic E-state index is 0.0538. The van der Waals surface area contributed by atoms with Crippen molar-refractivity contribution in [2.75, 3.05) is 11.9 Å². The Hall–Kier alpha value is -2.95. The van der Waals surface area contributed by atoms with Crippen molar-refractivity contribution in [3.05, 3.63) is 66.1 Å². The number of nitrogens with one attached hydrogen (secondary N) is 1. The van der Waals surface area contributed by atoms with Gasteiger partial charge >= 0.3 is 0 Å². The van der Waals surface area contributed by atoms with Crippen LogP contribution < -0.4 is 5.32 Å². The second kappa shape index (κ2) is 6.87. The van der Waals surface area contributed by atoms with E-state index >= 15 is 0 Å². The number of anilines is 1. The Balaban J connectivity index is 1.58. The van der Waals surface area contributed by atoms with E-state index in [-0.39, 0.29) is 5.78 Å². The van der Waals surface area contributed by atoms with Gasteiger partial charge in [-0.15, -0.1) is 10.2 Å². The molecule has 1 aromatic heterocycles. The summed E-state index contributed by atoms with van der Waals surface area (Å²) in [6, 6.07) is 17.1. The molecule has 0 saturated carbocycles. The molecule has 5 nitrogen and oxygen atoms in total. The highest BCUT2D eigenvalue weighted by molar-refractivity contribution is 5.94. The van der Waals surface area contributed by atoms with Gasteiger partial charge in [0.15, 0.2) is 5.78 Å². The van der Waals surface area contributed by atoms with E-state index in [9.17, 15) is 4.79 Å². The zero-order valence-electron chi connectivity index (χ0n) is 12.8. The van der Waals surface area contributed by atoms with Crippen molar-refractivity contribution in [1.82, 2.24) is 10.2 Å². The lowest BCUT2D eigenvalue weighted by Gasteiger charge is -2.05. The SMILES string of the molecule is CC(=O)c1cccc(NCCc2nnc(-c3ccccc3)o2)c1. The Morgan fingerprint density at radius 1 is 1.09 bits per heavy atom. The normalized spacial score (nSPS) is 10.5. The monoisotopic (exact) mass is 307 g/mol. The molecule has 0 radical (unpaired) electrons. The number of Topliss-reactive ketones (excluding diaryl/α,β-unsaturated/α-hetero) is 1. The van der Waals surface area contributed by atoms with Gasteiger partial charge in [0, 0.05) is 29.8 Å². The van der Waals surface area contributed by atoms with E-state index in [1.807, 2.05) is 48.5 Å². The number of ketones is 1. The lowest BCUT2D eigenvalue weighted by molar-refractivity contribution is 0.101. The minimum Gasteiger partial charge on any atom is -0.421 e. The standard InChI is InChI=1S/C18H17N3O2/c1-13(22)15-8-5-9-16(12-15)19-11-10-17-20-21-18(23-17)14-6-3-2-4-7-14/h2-9,12,19H,10-11H2,1H3. The Morgan fingerprint density at radius 3 is 2.70 bits per heavy atom. The van der Waals surface area contributed by atoms with Gasteiger partial charge in [-0.25, -0.2) is 0 Å². The molecule has 0 saturated heterocycles. The second-order valence-electron chi connectivity index (χ2n) is 5.18. The first-order valence-corrected chi connectivity index (χ1v) is 7.45. The first-order chi connectivity index (χ1) is 11.2. The number of nitrogens with zero attached hydrogens (tertiary/aromatic N) is 2. The van der Waals surface area contributed by atoms with E-state index in [1.54, 1.807) is 13.0 Å². The van der Waals surface area contributed by atoms with Crippen molar-refractivity contribution in [1.29, 1.82) is 0 Å². The first kappa shape index (κ1) is 15.0. The van der Waals surface area contributed by atoms with Gasteiger partial charge in [-0.1, -0.05) is 30.3 Å². The molecule has 23 heavy (non-hydrogen) atoms. The van der Waals surface area contributed by atoms with Crippen LogP contribution in [-0.2, 0) is 6.42 Å². The molecule has 2 aromatic carbocycles. The molecule has 5 heteroatoms. The average molecular weight is 307 g/mol. The van der Waals surface area contributed by atoms with Crippen LogP contribution in [0.1, 0.15) is 23.2 Å². The molecule has 1 heterocycles. The maximum Gasteiger partial charge on any atom is 0.247 e. The molecule has 0 aliphatic heterocycles. The summed E-state index contributed by atoms with van der Waals surface area (Å²) in [7, 11) is 0. The Labute approximate surface area is 134 Å². The van der Waals surface area contributed by atoms with Crippen LogP contribution in [-0.4, -0.2) is 22.5 Å². The summed E-state index contributed by atoms with van der Waals surface area (Å²) in [6.07, 6.45) is 0.615. The summed E-state index contributed by atoms with van der Waals surface area (Å²) in [6.45, 7) is 2.21. The highest BCUT2D eigenvalue weighted by Gasteiger charge is 2.08. The summed E-state index contributed by atoms with van der Waals surface area (Å²) in [5.41, 5.74) is 2.51. The van der Waals surface area contributed by atoms with Crippen LogP contribution in [0.25, 0.3) is 11.5 Å². The van der Waals surface area contributed by atoms with Crippen LogP contribution in [0.5, 0.6) is 0 Å². The van der Waals surface area contributed by atoms with Gasteiger partial charge in [-0.2, -0.15) is 0 Å². The van der Waals surface area contributed by atoms with E-state index < -0.39 is 0 Å². The van der Waals surface area contributed by atoms with E-state index in [2.05, 4.69) is 15.5 Å². The van der Waals surface area contributed by atoms with E-state index in [1.165, 1.54) is 0 Å². The summed E-state index contributed by atoms with van der Waals surface area (Å²) in [5, 5.41) is 11.4. The third kappa shape index (κ3) is 3.83. The van der Waals surface area contributed by atoms with Crippen LogP contribution >= 0.6 is 0 Å². The Morgan fingerprint density at radius 2 is 1.91 bits per heavy atom. The maximum absolute atomic E-state index is 11.4. The highest BCUT2D eigenvalue weighted by Crippen LogP contribution is 2.17. The Kier molecular flexibility index (Phi) is 4.47. The molecular formula is C18H17N3O2. The van der Waals surface area contributed by atoms with E-state index in [0.29, 0.717) is 30.3 Å². The predicted octanol–water partition coefficient (Wildman–Crippen LogP) is 3.59. The molecule has 0 fully saturated rings. The van der Waals surface area contributed by atoms with Crippen molar-refractivity contribution in [2.45, 2.75) is 13.3 Å². The maximum atomic E-state index is 11.4. The van der Waals surface area contributed by atoms with Crippen LogP contribution in [0.15, 0.2) is 59.0 Å². The van der Waals surface area contributed by atoms with Crippen molar-refractivity contribution >= 4 is 11.5 Å². The van der Waals surface area contributed by atoms with Crippen molar-refractivity contribution in [3.63, 3.8) is 0 Å². The molecule has 116 valence electrons. The quantitative estimate of drug-likeness (QED) is 0.705. The molecular weight excluding hydrogens is 290 g/mol. The average Bonchev–Trinajstić information content (AvgIpc) is 3.05. The molecule has 0 aliphatic carbocycles. The van der Waals surface area contributed by atoms with Gasteiger partial charge in [-0.3, -0.25) is 4.79 Å². The number of hydrogen-bond acceptors (Lipinski definition) is 5. The van der Waals surface area contributed by atoms with E-state index in [4.69, 9.17) is 4.42 Å². The van der Waals surface area contributed by atoms with Crippen LogP contribution in [0, 0.1) is 0 Å². The molecule has 0 aliphatic rings. The van der Waals surface area contributed by atoms with E-state index in [0.717, 1.165) is 11.3 Å². The summed E-state index contributed by atoms with van der Waals surface area (Å²) < 4.78 is 5.65. The summed E-state index contributed by atoms with van der Waals surface area (Å²) in [5.74, 6) is 1.16. The lowest BCUT2D eigenvalue weighted by Crippen LogP contribution is -2.05. The highest BCUT2D eigenvalue weighted by atomic mass is 16.4. The molecule has 0 atom stereocenters. The van der Waals surface area contributed by atoms with Crippen LogP contribution in [0.3, 0.4) is 0 Å². The molecule has 0 spiro atoms. The zero-order chi connectivity index (χ0) is 16.1. The summed E-state index contributed by atoms with van der Waals surface area (Å²) >= 11 is 0. The number of rotatable bonds is 6. The number of carbonyl (C=O) groups excluding carboxylic acids is 1. The van der Waals surface area contributed by atoms with Crippen molar-refractivity contribution in [3.8, 4) is 11.5 Å². The van der Waals surface area contributed by atoms with Crippen molar-refractivity contribution in [2.24, 2.45) is 0 Å². The van der Waals surface area contributed by atoms with Crippen LogP contribution in [0.4, 0.5) is 5.69 Å². The summed E-state index contributed by atoms with van der Waals surface area (Å²) in [4.78, 5) is 11.4. The number of aromatic nitrogens is 2. The topological polar surface area (TPSA) is 68.0 Å². The molecule has 3 aromatic rings. The third-order valence-electron chi connectivity index (χ3n) is 3.42. The Bertz CT molecular complexity index is 797. The first-order valence-electron chi connectivity index (χ1n) is 7.45. The number of carbonyl (C=O) groups is 1. The van der Waals surface area contributed by atoms with Gasteiger partial charge in [0.05, 0.1) is 0 Å². The molecule has 0 unspecified atom stereocenters. The molecule has 0 amide bonds. The zero-order valence-corrected chi connectivity index (χ0v) is 12.8. The third-order valence-corrected chi connectivity index (χ3v) is 3.42. The largest absolute Gasteiger partial charge is 0.421 e. The minimum atomic E-state index is 0.0538. The van der Waals surface area contributed by atoms with Gasteiger partial charge < -0.3 is 9.73 Å². The van der Waals surface area contributed by atoms with Gasteiger partial charge in [-0.05, 0) is 31.2 Å². The second-order valence-corrected chi connectivity index (χ2v) is 5.18. The molecule has 0 bridgehead atoms. The lowest BCUT2D eigenvalue weighted by atomic mass is 10.1. The van der Waals surface area contributed by atoms with Gasteiger partial charge in [0.1, 0.15) is 0 Å².